The molecule has 7 aromatic carbocycles. The summed E-state index contributed by atoms with van der Waals surface area (Å²) >= 11 is 0. The van der Waals surface area contributed by atoms with Crippen LogP contribution in [0.4, 0.5) is 0 Å². The van der Waals surface area contributed by atoms with Crippen LogP contribution in [0.2, 0.25) is 0 Å². The fourth-order valence-electron chi connectivity index (χ4n) is 6.09. The Morgan fingerprint density at radius 2 is 0.946 bits per heavy atom. The summed E-state index contributed by atoms with van der Waals surface area (Å²) in [6, 6.07) is 50.7. The number of rotatable bonds is 3. The van der Waals surface area contributed by atoms with E-state index in [1.54, 1.807) is 0 Å². The number of aromatic nitrogens is 1. The third-order valence-electron chi connectivity index (χ3n) is 7.76. The Morgan fingerprint density at radius 3 is 1.62 bits per heavy atom. The molecule has 1 nitrogen and oxygen atoms in total. The van der Waals surface area contributed by atoms with Gasteiger partial charge in [-0.2, -0.15) is 0 Å². The molecule has 8 rings (SSSR count). The Kier molecular flexibility index (Phi) is 4.29. The molecule has 172 valence electrons. The molecule has 0 bridgehead atoms. The lowest BCUT2D eigenvalue weighted by Crippen LogP contribution is -1.93. The molecular formula is C36H23N. The highest BCUT2D eigenvalue weighted by Crippen LogP contribution is 2.45. The summed E-state index contributed by atoms with van der Waals surface area (Å²) in [7, 11) is 0. The minimum absolute atomic E-state index is 1.19. The molecule has 0 atom stereocenters. The Hall–Kier alpha value is -4.88. The molecule has 0 saturated carbocycles. The van der Waals surface area contributed by atoms with Gasteiger partial charge in [-0.05, 0) is 74.1 Å². The highest BCUT2D eigenvalue weighted by atomic mass is 15.0. The van der Waals surface area contributed by atoms with Gasteiger partial charge in [0.1, 0.15) is 0 Å². The van der Waals surface area contributed by atoms with Gasteiger partial charge < -0.3 is 4.57 Å². The van der Waals surface area contributed by atoms with E-state index in [0.717, 1.165) is 0 Å². The molecule has 0 saturated heterocycles. The summed E-state index contributed by atoms with van der Waals surface area (Å²) in [6.07, 6.45) is 0. The van der Waals surface area contributed by atoms with Gasteiger partial charge >= 0.3 is 0 Å². The van der Waals surface area contributed by atoms with E-state index in [-0.39, 0.29) is 0 Å². The molecule has 37 heavy (non-hydrogen) atoms. The van der Waals surface area contributed by atoms with Gasteiger partial charge in [0.15, 0.2) is 0 Å². The average Bonchev–Trinajstić information content (AvgIpc) is 3.32. The van der Waals surface area contributed by atoms with Crippen LogP contribution in [0.5, 0.6) is 0 Å². The van der Waals surface area contributed by atoms with Crippen LogP contribution >= 0.6 is 0 Å². The Morgan fingerprint density at radius 1 is 0.378 bits per heavy atom. The van der Waals surface area contributed by atoms with E-state index >= 15 is 0 Å². The van der Waals surface area contributed by atoms with E-state index in [2.05, 4.69) is 144 Å². The highest BCUT2D eigenvalue weighted by molar-refractivity contribution is 6.28. The van der Waals surface area contributed by atoms with Gasteiger partial charge in [0.2, 0.25) is 0 Å². The zero-order valence-electron chi connectivity index (χ0n) is 20.2. The molecular weight excluding hydrogens is 446 g/mol. The second-order valence-electron chi connectivity index (χ2n) is 9.77. The number of hydrogen-bond acceptors (Lipinski definition) is 0. The first-order chi connectivity index (χ1) is 18.4. The SMILES string of the molecule is c1ccc(-c2ccc3c4c2ccc2c(-c5ccc6ccccc6c5)ccc(c24)n3-c2ccccc2)cc1. The zero-order chi connectivity index (χ0) is 24.3. The van der Waals surface area contributed by atoms with Gasteiger partial charge in [0.05, 0.1) is 11.0 Å². The van der Waals surface area contributed by atoms with Crippen LogP contribution in [-0.2, 0) is 0 Å². The van der Waals surface area contributed by atoms with Crippen molar-refractivity contribution in [2.45, 2.75) is 0 Å². The third kappa shape index (κ3) is 2.98. The van der Waals surface area contributed by atoms with Gasteiger partial charge in [-0.25, -0.2) is 0 Å². The Bertz CT molecular complexity index is 2060. The molecule has 0 aliphatic carbocycles. The van der Waals surface area contributed by atoms with Crippen LogP contribution in [0.25, 0.3) is 71.3 Å². The summed E-state index contributed by atoms with van der Waals surface area (Å²) in [5.41, 5.74) is 8.74. The summed E-state index contributed by atoms with van der Waals surface area (Å²) < 4.78 is 2.42. The predicted molar refractivity (Wildman–Crippen MR) is 158 cm³/mol. The van der Waals surface area contributed by atoms with Crippen LogP contribution in [0.3, 0.4) is 0 Å². The van der Waals surface area contributed by atoms with E-state index in [9.17, 15) is 0 Å². The van der Waals surface area contributed by atoms with Crippen molar-refractivity contribution < 1.29 is 0 Å². The normalized spacial score (nSPS) is 11.8. The molecule has 0 fully saturated rings. The molecule has 0 spiro atoms. The molecule has 8 aromatic rings. The first kappa shape index (κ1) is 20.3. The molecule has 0 radical (unpaired) electrons. The maximum Gasteiger partial charge on any atom is 0.0547 e. The first-order valence-electron chi connectivity index (χ1n) is 12.8. The van der Waals surface area contributed by atoms with Crippen LogP contribution in [0.1, 0.15) is 0 Å². The minimum atomic E-state index is 1.19. The van der Waals surface area contributed by atoms with Gasteiger partial charge in [0.25, 0.3) is 0 Å². The van der Waals surface area contributed by atoms with Crippen LogP contribution in [-0.4, -0.2) is 4.57 Å². The fourth-order valence-corrected chi connectivity index (χ4v) is 6.09. The second kappa shape index (κ2) is 7.81. The fraction of sp³-hybridized carbons (Fsp3) is 0. The van der Waals surface area contributed by atoms with Crippen molar-refractivity contribution in [3.63, 3.8) is 0 Å². The molecule has 0 aliphatic rings. The van der Waals surface area contributed by atoms with E-state index in [4.69, 9.17) is 0 Å². The number of nitrogens with zero attached hydrogens (tertiary/aromatic N) is 1. The highest BCUT2D eigenvalue weighted by Gasteiger charge is 2.20. The second-order valence-corrected chi connectivity index (χ2v) is 9.77. The number of para-hydroxylation sites is 1. The van der Waals surface area contributed by atoms with E-state index in [1.165, 1.54) is 71.3 Å². The Labute approximate surface area is 215 Å². The first-order valence-corrected chi connectivity index (χ1v) is 12.8. The van der Waals surface area contributed by atoms with Crippen LogP contribution in [0.15, 0.2) is 140 Å². The van der Waals surface area contributed by atoms with Gasteiger partial charge in [-0.15, -0.1) is 0 Å². The van der Waals surface area contributed by atoms with E-state index in [0.29, 0.717) is 0 Å². The molecule has 0 N–H and O–H groups in total. The summed E-state index contributed by atoms with van der Waals surface area (Å²) in [4.78, 5) is 0. The quantitative estimate of drug-likeness (QED) is 0.227. The number of hydrogen-bond donors (Lipinski definition) is 0. The predicted octanol–water partition coefficient (Wildman–Crippen LogP) is 9.86. The minimum Gasteiger partial charge on any atom is -0.309 e. The lowest BCUT2D eigenvalue weighted by atomic mass is 9.91. The summed E-state index contributed by atoms with van der Waals surface area (Å²) in [5.74, 6) is 0. The Balaban J connectivity index is 1.50. The van der Waals surface area contributed by atoms with E-state index < -0.39 is 0 Å². The van der Waals surface area contributed by atoms with Crippen molar-refractivity contribution in [1.29, 1.82) is 0 Å². The lowest BCUT2D eigenvalue weighted by Gasteiger charge is -2.12. The van der Waals surface area contributed by atoms with Crippen LogP contribution in [0, 0.1) is 0 Å². The monoisotopic (exact) mass is 469 g/mol. The number of fused-ring (bicyclic) bond motifs is 1. The maximum absolute atomic E-state index is 2.42. The molecule has 0 unspecified atom stereocenters. The van der Waals surface area contributed by atoms with Crippen molar-refractivity contribution in [1.82, 2.24) is 4.57 Å². The topological polar surface area (TPSA) is 4.93 Å². The number of benzene rings is 7. The molecule has 0 amide bonds. The molecule has 1 heterocycles. The van der Waals surface area contributed by atoms with Gasteiger partial charge in [-0.3, -0.25) is 0 Å². The van der Waals surface area contributed by atoms with Crippen molar-refractivity contribution >= 4 is 43.4 Å². The summed E-state index contributed by atoms with van der Waals surface area (Å²) in [5, 5.41) is 7.80. The van der Waals surface area contributed by atoms with Gasteiger partial charge in [0, 0.05) is 16.5 Å². The smallest absolute Gasteiger partial charge is 0.0547 e. The average molecular weight is 470 g/mol. The van der Waals surface area contributed by atoms with Crippen molar-refractivity contribution in [2.75, 3.05) is 0 Å². The summed E-state index contributed by atoms with van der Waals surface area (Å²) in [6.45, 7) is 0. The van der Waals surface area contributed by atoms with Crippen molar-refractivity contribution in [3.8, 4) is 27.9 Å². The van der Waals surface area contributed by atoms with Gasteiger partial charge in [-0.1, -0.05) is 109 Å². The zero-order valence-corrected chi connectivity index (χ0v) is 20.2. The third-order valence-corrected chi connectivity index (χ3v) is 7.76. The molecule has 1 aromatic heterocycles. The lowest BCUT2D eigenvalue weighted by molar-refractivity contribution is 1.18. The maximum atomic E-state index is 2.42. The molecule has 0 aliphatic heterocycles. The van der Waals surface area contributed by atoms with Crippen molar-refractivity contribution in [3.05, 3.63) is 140 Å². The largest absolute Gasteiger partial charge is 0.309 e. The molecule has 1 heteroatoms. The van der Waals surface area contributed by atoms with Crippen LogP contribution < -0.4 is 0 Å². The standard InChI is InChI=1S/C36H23N/c1-3-10-25(11-4-1)29-19-21-33-35-31(29)17-18-32-30(27-16-15-24-9-7-8-12-26(24)23-27)20-22-34(36(32)35)37(33)28-13-5-2-6-14-28/h1-23H. The van der Waals surface area contributed by atoms with E-state index in [1.807, 2.05) is 0 Å². The van der Waals surface area contributed by atoms with Crippen molar-refractivity contribution in [2.24, 2.45) is 0 Å².